The molecule has 1 heterocycles. The highest BCUT2D eigenvalue weighted by Gasteiger charge is 2.24. The summed E-state index contributed by atoms with van der Waals surface area (Å²) in [4.78, 5) is 16.7. The van der Waals surface area contributed by atoms with Crippen molar-refractivity contribution in [1.29, 1.82) is 0 Å². The van der Waals surface area contributed by atoms with Gasteiger partial charge in [0.15, 0.2) is 0 Å². The van der Waals surface area contributed by atoms with Crippen LogP contribution in [0.4, 0.5) is 0 Å². The van der Waals surface area contributed by atoms with Crippen LogP contribution in [0.15, 0.2) is 0 Å². The van der Waals surface area contributed by atoms with E-state index in [0.717, 1.165) is 39.0 Å². The van der Waals surface area contributed by atoms with Crippen molar-refractivity contribution >= 4 is 5.91 Å². The van der Waals surface area contributed by atoms with Crippen LogP contribution in [0.2, 0.25) is 0 Å². The summed E-state index contributed by atoms with van der Waals surface area (Å²) in [6.07, 6.45) is 2.00. The lowest BCUT2D eigenvalue weighted by molar-refractivity contribution is -0.133. The van der Waals surface area contributed by atoms with Gasteiger partial charge < -0.3 is 15.1 Å². The first kappa shape index (κ1) is 14.5. The third-order valence-electron chi connectivity index (χ3n) is 3.38. The topological polar surface area (TPSA) is 35.6 Å². The summed E-state index contributed by atoms with van der Waals surface area (Å²) in [6.45, 7) is 8.18. The third kappa shape index (κ3) is 4.64. The minimum atomic E-state index is -0.0154. The predicted molar refractivity (Wildman–Crippen MR) is 71.0 cm³/mol. The molecule has 0 spiro atoms. The summed E-state index contributed by atoms with van der Waals surface area (Å²) < 4.78 is 0. The van der Waals surface area contributed by atoms with Crippen LogP contribution in [0.3, 0.4) is 0 Å². The van der Waals surface area contributed by atoms with Gasteiger partial charge in [-0.05, 0) is 39.4 Å². The fourth-order valence-corrected chi connectivity index (χ4v) is 2.30. The van der Waals surface area contributed by atoms with Crippen LogP contribution in [-0.2, 0) is 4.79 Å². The van der Waals surface area contributed by atoms with Crippen molar-refractivity contribution in [3.8, 4) is 0 Å². The smallest absolute Gasteiger partial charge is 0.239 e. The van der Waals surface area contributed by atoms with E-state index >= 15 is 0 Å². The first-order chi connectivity index (χ1) is 8.04. The van der Waals surface area contributed by atoms with E-state index in [4.69, 9.17) is 0 Å². The first-order valence-corrected chi connectivity index (χ1v) is 6.69. The number of likely N-dealkylation sites (N-methyl/N-ethyl adjacent to an activating group) is 2. The van der Waals surface area contributed by atoms with Crippen molar-refractivity contribution < 1.29 is 4.79 Å². The highest BCUT2D eigenvalue weighted by molar-refractivity contribution is 5.81. The Morgan fingerprint density at radius 2 is 1.94 bits per heavy atom. The van der Waals surface area contributed by atoms with Gasteiger partial charge in [0.1, 0.15) is 0 Å². The predicted octanol–water partition coefficient (Wildman–Crippen LogP) is 0.785. The Morgan fingerprint density at radius 3 is 2.53 bits per heavy atom. The molecule has 0 radical (unpaired) electrons. The molecule has 1 aliphatic rings. The molecule has 0 aromatic carbocycles. The number of hydrogen-bond acceptors (Lipinski definition) is 3. The van der Waals surface area contributed by atoms with E-state index in [-0.39, 0.29) is 11.9 Å². The lowest BCUT2D eigenvalue weighted by Crippen LogP contribution is -2.47. The molecule has 1 rings (SSSR count). The minimum absolute atomic E-state index is 0.0154. The van der Waals surface area contributed by atoms with Crippen LogP contribution < -0.4 is 5.32 Å². The van der Waals surface area contributed by atoms with E-state index in [2.05, 4.69) is 31.1 Å². The quantitative estimate of drug-likeness (QED) is 0.790. The number of amides is 1. The second-order valence-corrected chi connectivity index (χ2v) is 5.45. The molecule has 4 heteroatoms. The fourth-order valence-electron chi connectivity index (χ4n) is 2.30. The zero-order valence-electron chi connectivity index (χ0n) is 11.7. The molecule has 1 N–H and O–H groups in total. The Hall–Kier alpha value is -0.610. The molecule has 1 aliphatic heterocycles. The van der Waals surface area contributed by atoms with E-state index in [9.17, 15) is 4.79 Å². The van der Waals surface area contributed by atoms with Gasteiger partial charge in [-0.15, -0.1) is 0 Å². The Labute approximate surface area is 105 Å². The zero-order chi connectivity index (χ0) is 12.8. The number of nitrogens with zero attached hydrogens (tertiary/aromatic N) is 2. The van der Waals surface area contributed by atoms with Crippen LogP contribution in [-0.4, -0.2) is 62.0 Å². The van der Waals surface area contributed by atoms with Gasteiger partial charge >= 0.3 is 0 Å². The Morgan fingerprint density at radius 1 is 1.24 bits per heavy atom. The molecule has 0 saturated carbocycles. The normalized spacial score (nSPS) is 20.4. The Balaban J connectivity index is 2.54. The number of nitrogens with one attached hydrogen (secondary N) is 1. The van der Waals surface area contributed by atoms with Gasteiger partial charge in [0.05, 0.1) is 6.04 Å². The van der Waals surface area contributed by atoms with Crippen LogP contribution in [0.25, 0.3) is 0 Å². The average molecular weight is 241 g/mol. The van der Waals surface area contributed by atoms with Crippen molar-refractivity contribution in [3.63, 3.8) is 0 Å². The maximum Gasteiger partial charge on any atom is 0.239 e. The van der Waals surface area contributed by atoms with Crippen molar-refractivity contribution in [2.24, 2.45) is 5.92 Å². The molecule has 0 aliphatic carbocycles. The summed E-state index contributed by atoms with van der Waals surface area (Å²) in [5, 5.41) is 3.16. The molecule has 0 aromatic rings. The van der Waals surface area contributed by atoms with Gasteiger partial charge in [0.2, 0.25) is 5.91 Å². The van der Waals surface area contributed by atoms with E-state index in [1.54, 1.807) is 0 Å². The molecule has 0 bridgehead atoms. The molecule has 17 heavy (non-hydrogen) atoms. The summed E-state index contributed by atoms with van der Waals surface area (Å²) >= 11 is 0. The van der Waals surface area contributed by atoms with Crippen LogP contribution in [0.5, 0.6) is 0 Å². The molecular weight excluding hydrogens is 214 g/mol. The molecule has 100 valence electrons. The zero-order valence-corrected chi connectivity index (χ0v) is 11.7. The maximum absolute atomic E-state index is 12.4. The van der Waals surface area contributed by atoms with Crippen molar-refractivity contribution in [2.45, 2.75) is 32.7 Å². The van der Waals surface area contributed by atoms with Gasteiger partial charge in [-0.2, -0.15) is 0 Å². The van der Waals surface area contributed by atoms with Gasteiger partial charge in [-0.1, -0.05) is 13.8 Å². The van der Waals surface area contributed by atoms with Crippen molar-refractivity contribution in [1.82, 2.24) is 15.1 Å². The fraction of sp³-hybridized carbons (Fsp3) is 0.923. The van der Waals surface area contributed by atoms with E-state index < -0.39 is 0 Å². The molecule has 1 unspecified atom stereocenters. The average Bonchev–Trinajstić information content (AvgIpc) is 2.49. The van der Waals surface area contributed by atoms with E-state index in [1.807, 2.05) is 11.9 Å². The Bertz CT molecular complexity index is 243. The summed E-state index contributed by atoms with van der Waals surface area (Å²) in [5.74, 6) is 0.822. The van der Waals surface area contributed by atoms with Crippen LogP contribution in [0, 0.1) is 5.92 Å². The summed E-state index contributed by atoms with van der Waals surface area (Å²) in [5.41, 5.74) is 0. The number of carbonyl (C=O) groups excluding carboxylic acids is 1. The molecule has 0 aromatic heterocycles. The summed E-state index contributed by atoms with van der Waals surface area (Å²) in [6, 6.07) is -0.0154. The monoisotopic (exact) mass is 241 g/mol. The SMILES string of the molecule is CNC(CC(C)C)C(=O)N1CCCN(C)CC1. The second kappa shape index (κ2) is 6.97. The first-order valence-electron chi connectivity index (χ1n) is 6.69. The van der Waals surface area contributed by atoms with Crippen molar-refractivity contribution in [3.05, 3.63) is 0 Å². The number of hydrogen-bond donors (Lipinski definition) is 1. The van der Waals surface area contributed by atoms with E-state index in [0.29, 0.717) is 5.92 Å². The minimum Gasteiger partial charge on any atom is -0.340 e. The van der Waals surface area contributed by atoms with Gasteiger partial charge in [0, 0.05) is 19.6 Å². The van der Waals surface area contributed by atoms with Crippen LogP contribution in [0.1, 0.15) is 26.7 Å². The number of carbonyl (C=O) groups is 1. The number of rotatable bonds is 4. The standard InChI is InChI=1S/C13H27N3O/c1-11(2)10-12(14-3)13(17)16-7-5-6-15(4)8-9-16/h11-12,14H,5-10H2,1-4H3. The van der Waals surface area contributed by atoms with Crippen molar-refractivity contribution in [2.75, 3.05) is 40.3 Å². The lowest BCUT2D eigenvalue weighted by atomic mass is 10.0. The Kier molecular flexibility index (Phi) is 5.92. The summed E-state index contributed by atoms with van der Waals surface area (Å²) in [7, 11) is 4.01. The van der Waals surface area contributed by atoms with Gasteiger partial charge in [0.25, 0.3) is 0 Å². The molecule has 1 saturated heterocycles. The second-order valence-electron chi connectivity index (χ2n) is 5.45. The largest absolute Gasteiger partial charge is 0.340 e. The van der Waals surface area contributed by atoms with Gasteiger partial charge in [-0.25, -0.2) is 0 Å². The molecule has 1 amide bonds. The maximum atomic E-state index is 12.4. The lowest BCUT2D eigenvalue weighted by Gasteiger charge is -2.26. The molecule has 1 fully saturated rings. The molecular formula is C13H27N3O. The van der Waals surface area contributed by atoms with Gasteiger partial charge in [-0.3, -0.25) is 4.79 Å². The molecule has 1 atom stereocenters. The third-order valence-corrected chi connectivity index (χ3v) is 3.38. The highest BCUT2D eigenvalue weighted by Crippen LogP contribution is 2.09. The highest BCUT2D eigenvalue weighted by atomic mass is 16.2. The van der Waals surface area contributed by atoms with E-state index in [1.165, 1.54) is 0 Å². The molecule has 4 nitrogen and oxygen atoms in total. The van der Waals surface area contributed by atoms with Crippen LogP contribution >= 0.6 is 0 Å².